The summed E-state index contributed by atoms with van der Waals surface area (Å²) in [6, 6.07) is 10.3. The van der Waals surface area contributed by atoms with Gasteiger partial charge < -0.3 is 29.0 Å². The fourth-order valence-electron chi connectivity index (χ4n) is 2.59. The molecule has 0 saturated heterocycles. The van der Waals surface area contributed by atoms with Gasteiger partial charge in [0.25, 0.3) is 5.91 Å². The molecule has 2 aromatic rings. The number of carbonyl (C=O) groups excluding carboxylic acids is 2. The molecule has 8 heteroatoms. The second-order valence-corrected chi connectivity index (χ2v) is 5.99. The third-order valence-corrected chi connectivity index (χ3v) is 3.96. The normalized spacial score (nSPS) is 12.3. The lowest BCUT2D eigenvalue weighted by molar-refractivity contribution is -0.142. The maximum Gasteiger partial charge on any atom is 0.331 e. The van der Waals surface area contributed by atoms with Crippen molar-refractivity contribution in [1.82, 2.24) is 0 Å². The van der Waals surface area contributed by atoms with Gasteiger partial charge in [-0.1, -0.05) is 6.07 Å². The SMILES string of the molecule is COc1cc(NC(=O)COC(=O)/C=C\c2ccc3c(c2)OCCO3)cc(OC)c1. The summed E-state index contributed by atoms with van der Waals surface area (Å²) in [5, 5.41) is 2.62. The monoisotopic (exact) mass is 399 g/mol. The summed E-state index contributed by atoms with van der Waals surface area (Å²) < 4.78 is 26.2. The highest BCUT2D eigenvalue weighted by molar-refractivity contribution is 5.95. The van der Waals surface area contributed by atoms with Crippen LogP contribution >= 0.6 is 0 Å². The van der Waals surface area contributed by atoms with Crippen LogP contribution in [0.4, 0.5) is 5.69 Å². The Kier molecular flexibility index (Phi) is 6.57. The second kappa shape index (κ2) is 9.50. The molecule has 1 amide bonds. The molecule has 0 atom stereocenters. The molecule has 2 aromatic carbocycles. The van der Waals surface area contributed by atoms with Gasteiger partial charge in [-0.05, 0) is 23.8 Å². The van der Waals surface area contributed by atoms with Gasteiger partial charge in [-0.25, -0.2) is 4.79 Å². The zero-order chi connectivity index (χ0) is 20.6. The first-order valence-corrected chi connectivity index (χ1v) is 8.85. The van der Waals surface area contributed by atoms with Crippen LogP contribution in [-0.4, -0.2) is 45.9 Å². The average molecular weight is 399 g/mol. The van der Waals surface area contributed by atoms with E-state index in [4.69, 9.17) is 23.7 Å². The van der Waals surface area contributed by atoms with Crippen LogP contribution in [-0.2, 0) is 14.3 Å². The van der Waals surface area contributed by atoms with Crippen LogP contribution < -0.4 is 24.3 Å². The average Bonchev–Trinajstić information content (AvgIpc) is 2.75. The van der Waals surface area contributed by atoms with E-state index < -0.39 is 18.5 Å². The summed E-state index contributed by atoms with van der Waals surface area (Å²) in [5.74, 6) is 1.22. The van der Waals surface area contributed by atoms with E-state index in [1.807, 2.05) is 0 Å². The first-order chi connectivity index (χ1) is 14.1. The fraction of sp³-hybridized carbons (Fsp3) is 0.238. The maximum atomic E-state index is 12.0. The Bertz CT molecular complexity index is 901. The van der Waals surface area contributed by atoms with E-state index in [1.165, 1.54) is 20.3 Å². The summed E-state index contributed by atoms with van der Waals surface area (Å²) in [7, 11) is 3.02. The predicted octanol–water partition coefficient (Wildman–Crippen LogP) is 2.67. The summed E-state index contributed by atoms with van der Waals surface area (Å²) in [6.07, 6.45) is 2.82. The van der Waals surface area contributed by atoms with Crippen molar-refractivity contribution in [1.29, 1.82) is 0 Å². The molecule has 0 spiro atoms. The van der Waals surface area contributed by atoms with E-state index >= 15 is 0 Å². The van der Waals surface area contributed by atoms with Crippen LogP contribution in [0, 0.1) is 0 Å². The van der Waals surface area contributed by atoms with Crippen molar-refractivity contribution in [3.63, 3.8) is 0 Å². The van der Waals surface area contributed by atoms with Crippen LogP contribution in [0.25, 0.3) is 6.08 Å². The van der Waals surface area contributed by atoms with Gasteiger partial charge >= 0.3 is 5.97 Å². The number of ether oxygens (including phenoxy) is 5. The van der Waals surface area contributed by atoms with E-state index in [1.54, 1.807) is 42.5 Å². The number of nitrogens with one attached hydrogen (secondary N) is 1. The molecule has 0 aromatic heterocycles. The molecule has 1 aliphatic rings. The highest BCUT2D eigenvalue weighted by Crippen LogP contribution is 2.31. The number of anilines is 1. The molecular weight excluding hydrogens is 378 g/mol. The van der Waals surface area contributed by atoms with Gasteiger partial charge in [-0.2, -0.15) is 0 Å². The highest BCUT2D eigenvalue weighted by atomic mass is 16.6. The number of methoxy groups -OCH3 is 2. The van der Waals surface area contributed by atoms with Crippen LogP contribution in [0.1, 0.15) is 5.56 Å². The molecule has 1 heterocycles. The molecule has 29 heavy (non-hydrogen) atoms. The molecule has 152 valence electrons. The Morgan fingerprint density at radius 3 is 2.38 bits per heavy atom. The standard InChI is InChI=1S/C21H21NO7/c1-25-16-10-15(11-17(12-16)26-2)22-20(23)13-29-21(24)6-4-14-3-5-18-19(9-14)28-8-7-27-18/h3-6,9-12H,7-8,13H2,1-2H3,(H,22,23)/b6-4-. The van der Waals surface area contributed by atoms with Gasteiger partial charge in [0.15, 0.2) is 18.1 Å². The van der Waals surface area contributed by atoms with Gasteiger partial charge in [0.1, 0.15) is 24.7 Å². The van der Waals surface area contributed by atoms with Crippen LogP contribution in [0.2, 0.25) is 0 Å². The minimum Gasteiger partial charge on any atom is -0.497 e. The number of hydrogen-bond donors (Lipinski definition) is 1. The Hall–Kier alpha value is -3.68. The molecule has 1 aliphatic heterocycles. The van der Waals surface area contributed by atoms with Crippen molar-refractivity contribution in [2.75, 3.05) is 39.4 Å². The predicted molar refractivity (Wildman–Crippen MR) is 106 cm³/mol. The van der Waals surface area contributed by atoms with Crippen molar-refractivity contribution in [3.05, 3.63) is 48.0 Å². The molecule has 0 saturated carbocycles. The van der Waals surface area contributed by atoms with E-state index in [0.29, 0.717) is 41.9 Å². The molecule has 0 aliphatic carbocycles. The summed E-state index contributed by atoms with van der Waals surface area (Å²) in [5.41, 5.74) is 1.22. The van der Waals surface area contributed by atoms with Gasteiger partial charge in [0.05, 0.1) is 14.2 Å². The van der Waals surface area contributed by atoms with E-state index in [9.17, 15) is 9.59 Å². The third-order valence-electron chi connectivity index (χ3n) is 3.96. The van der Waals surface area contributed by atoms with Crippen LogP contribution in [0.15, 0.2) is 42.5 Å². The summed E-state index contributed by atoms with van der Waals surface area (Å²) >= 11 is 0. The first kappa shape index (κ1) is 20.1. The Balaban J connectivity index is 1.51. The van der Waals surface area contributed by atoms with Crippen molar-refractivity contribution in [3.8, 4) is 23.0 Å². The zero-order valence-electron chi connectivity index (χ0n) is 16.1. The number of rotatable bonds is 7. The van der Waals surface area contributed by atoms with Gasteiger partial charge in [-0.3, -0.25) is 4.79 Å². The number of benzene rings is 2. The smallest absolute Gasteiger partial charge is 0.331 e. The van der Waals surface area contributed by atoms with E-state index in [2.05, 4.69) is 5.32 Å². The minimum atomic E-state index is -0.640. The topological polar surface area (TPSA) is 92.3 Å². The lowest BCUT2D eigenvalue weighted by Crippen LogP contribution is -2.20. The van der Waals surface area contributed by atoms with E-state index in [0.717, 1.165) is 5.56 Å². The van der Waals surface area contributed by atoms with Gasteiger partial charge in [-0.15, -0.1) is 0 Å². The number of fused-ring (bicyclic) bond motifs is 1. The molecule has 1 N–H and O–H groups in total. The molecule has 0 unspecified atom stereocenters. The van der Waals surface area contributed by atoms with Crippen molar-refractivity contribution in [2.24, 2.45) is 0 Å². The van der Waals surface area contributed by atoms with Crippen molar-refractivity contribution < 1.29 is 33.3 Å². The van der Waals surface area contributed by atoms with E-state index in [-0.39, 0.29) is 0 Å². The lowest BCUT2D eigenvalue weighted by Gasteiger charge is -2.18. The van der Waals surface area contributed by atoms with Crippen molar-refractivity contribution >= 4 is 23.6 Å². The van der Waals surface area contributed by atoms with Crippen LogP contribution in [0.3, 0.4) is 0 Å². The quantitative estimate of drug-likeness (QED) is 0.565. The number of hydrogen-bond acceptors (Lipinski definition) is 7. The molecule has 8 nitrogen and oxygen atoms in total. The molecular formula is C21H21NO7. The Morgan fingerprint density at radius 1 is 1.00 bits per heavy atom. The zero-order valence-corrected chi connectivity index (χ0v) is 16.1. The van der Waals surface area contributed by atoms with Crippen LogP contribution in [0.5, 0.6) is 23.0 Å². The number of amides is 1. The largest absolute Gasteiger partial charge is 0.497 e. The fourth-order valence-corrected chi connectivity index (χ4v) is 2.59. The lowest BCUT2D eigenvalue weighted by atomic mass is 10.2. The number of esters is 1. The molecule has 0 radical (unpaired) electrons. The third kappa shape index (κ3) is 5.65. The maximum absolute atomic E-state index is 12.0. The first-order valence-electron chi connectivity index (χ1n) is 8.85. The Morgan fingerprint density at radius 2 is 1.69 bits per heavy atom. The molecule has 3 rings (SSSR count). The highest BCUT2D eigenvalue weighted by Gasteiger charge is 2.11. The molecule has 0 bridgehead atoms. The molecule has 0 fully saturated rings. The summed E-state index contributed by atoms with van der Waals surface area (Å²) in [6.45, 7) is 0.569. The Labute approximate surface area is 168 Å². The number of carbonyl (C=O) groups is 2. The summed E-state index contributed by atoms with van der Waals surface area (Å²) in [4.78, 5) is 23.9. The second-order valence-electron chi connectivity index (χ2n) is 5.99. The van der Waals surface area contributed by atoms with Crippen molar-refractivity contribution in [2.45, 2.75) is 0 Å². The minimum absolute atomic E-state index is 0.427. The van der Waals surface area contributed by atoms with Gasteiger partial charge in [0.2, 0.25) is 0 Å². The van der Waals surface area contributed by atoms with Gasteiger partial charge in [0, 0.05) is 30.0 Å².